The summed E-state index contributed by atoms with van der Waals surface area (Å²) in [6, 6.07) is 8.41. The van der Waals surface area contributed by atoms with Crippen LogP contribution in [0.5, 0.6) is 5.75 Å². The molecule has 1 N–H and O–H groups in total. The van der Waals surface area contributed by atoms with Crippen LogP contribution >= 0.6 is 0 Å². The Hall–Kier alpha value is -1.55. The van der Waals surface area contributed by atoms with Crippen molar-refractivity contribution in [3.8, 4) is 5.75 Å². The minimum absolute atomic E-state index is 0.0313. The highest BCUT2D eigenvalue weighted by atomic mass is 16.5. The maximum Gasteiger partial charge on any atom is 0.227 e. The van der Waals surface area contributed by atoms with Crippen LogP contribution in [-0.4, -0.2) is 37.0 Å². The summed E-state index contributed by atoms with van der Waals surface area (Å²) in [6.45, 7) is 6.42. The summed E-state index contributed by atoms with van der Waals surface area (Å²) in [6.07, 6.45) is 2.27. The van der Waals surface area contributed by atoms with E-state index >= 15 is 0 Å². The number of hydrogen-bond acceptors (Lipinski definition) is 3. The summed E-state index contributed by atoms with van der Waals surface area (Å²) in [5, 5.41) is 3.26. The first kappa shape index (κ1) is 15.8. The van der Waals surface area contributed by atoms with Gasteiger partial charge in [0.05, 0.1) is 7.11 Å². The first-order valence-electron chi connectivity index (χ1n) is 7.79. The number of nitrogens with zero attached hydrogens (tertiary/aromatic N) is 1. The molecule has 4 nitrogen and oxygen atoms in total. The first-order chi connectivity index (χ1) is 10.2. The molecule has 1 amide bonds. The monoisotopic (exact) mass is 290 g/mol. The second-order valence-corrected chi connectivity index (χ2v) is 5.75. The third kappa shape index (κ3) is 4.46. The Balaban J connectivity index is 1.99. The van der Waals surface area contributed by atoms with Gasteiger partial charge < -0.3 is 15.0 Å². The van der Waals surface area contributed by atoms with E-state index in [1.165, 1.54) is 0 Å². The molecule has 4 heteroatoms. The number of carbonyl (C=O) groups excluding carboxylic acids is 1. The molecule has 0 saturated heterocycles. The van der Waals surface area contributed by atoms with Crippen molar-refractivity contribution in [3.05, 3.63) is 29.8 Å². The number of nitrogens with one attached hydrogen (secondary N) is 1. The highest BCUT2D eigenvalue weighted by Gasteiger charge is 2.34. The summed E-state index contributed by atoms with van der Waals surface area (Å²) in [5.74, 6) is 1.14. The predicted octanol–water partition coefficient (Wildman–Crippen LogP) is 2.43. The number of hydrogen-bond donors (Lipinski definition) is 1. The third-order valence-corrected chi connectivity index (χ3v) is 3.90. The van der Waals surface area contributed by atoms with Crippen LogP contribution in [0.3, 0.4) is 0 Å². The smallest absolute Gasteiger partial charge is 0.227 e. The molecule has 0 radical (unpaired) electrons. The quantitative estimate of drug-likeness (QED) is 0.799. The molecule has 0 heterocycles. The predicted molar refractivity (Wildman–Crippen MR) is 84.3 cm³/mol. The lowest BCUT2D eigenvalue weighted by atomic mass is 10.1. The van der Waals surface area contributed by atoms with Crippen LogP contribution in [0.1, 0.15) is 32.3 Å². The lowest BCUT2D eigenvalue weighted by Crippen LogP contribution is -2.40. The van der Waals surface area contributed by atoms with E-state index in [-0.39, 0.29) is 11.8 Å². The number of carbonyl (C=O) groups is 1. The molecule has 0 bridgehead atoms. The van der Waals surface area contributed by atoms with Gasteiger partial charge in [-0.15, -0.1) is 0 Å². The van der Waals surface area contributed by atoms with E-state index in [4.69, 9.17) is 4.74 Å². The van der Waals surface area contributed by atoms with E-state index in [0.29, 0.717) is 12.6 Å². The standard InChI is InChI=1S/C17H26N2O2/c1-4-18-11-13(2)17(20)19(15-7-8-15)12-14-5-9-16(21-3)10-6-14/h5-6,9-10,13,15,18H,4,7-8,11-12H2,1-3H3. The topological polar surface area (TPSA) is 41.6 Å². The Kier molecular flexibility index (Phi) is 5.62. The molecule has 1 aromatic carbocycles. The summed E-state index contributed by atoms with van der Waals surface area (Å²) in [5.41, 5.74) is 1.16. The Morgan fingerprint density at radius 3 is 2.57 bits per heavy atom. The van der Waals surface area contributed by atoms with E-state index in [9.17, 15) is 4.79 Å². The highest BCUT2D eigenvalue weighted by Crippen LogP contribution is 2.30. The Morgan fingerprint density at radius 1 is 1.38 bits per heavy atom. The molecule has 0 aliphatic heterocycles. The summed E-state index contributed by atoms with van der Waals surface area (Å²) in [4.78, 5) is 14.7. The molecule has 1 aliphatic rings. The lowest BCUT2D eigenvalue weighted by molar-refractivity contribution is -0.136. The zero-order valence-electron chi connectivity index (χ0n) is 13.3. The molecule has 1 saturated carbocycles. The van der Waals surface area contributed by atoms with E-state index < -0.39 is 0 Å². The van der Waals surface area contributed by atoms with Crippen molar-refractivity contribution in [2.45, 2.75) is 39.3 Å². The number of ether oxygens (including phenoxy) is 1. The molecule has 0 aromatic heterocycles. The number of amides is 1. The Bertz CT molecular complexity index is 454. The van der Waals surface area contributed by atoms with Gasteiger partial charge in [-0.2, -0.15) is 0 Å². The van der Waals surface area contributed by atoms with Crippen LogP contribution < -0.4 is 10.1 Å². The molecule has 2 rings (SSSR count). The second-order valence-electron chi connectivity index (χ2n) is 5.75. The van der Waals surface area contributed by atoms with Crippen LogP contribution in [0.15, 0.2) is 24.3 Å². The van der Waals surface area contributed by atoms with Gasteiger partial charge in [0.25, 0.3) is 0 Å². The number of methoxy groups -OCH3 is 1. The van der Waals surface area contributed by atoms with Gasteiger partial charge in [0.15, 0.2) is 0 Å². The van der Waals surface area contributed by atoms with Crippen LogP contribution in [0, 0.1) is 5.92 Å². The van der Waals surface area contributed by atoms with E-state index in [1.54, 1.807) is 7.11 Å². The fraction of sp³-hybridized carbons (Fsp3) is 0.588. The highest BCUT2D eigenvalue weighted by molar-refractivity contribution is 5.79. The summed E-state index contributed by atoms with van der Waals surface area (Å²) >= 11 is 0. The molecule has 1 atom stereocenters. The van der Waals surface area contributed by atoms with Gasteiger partial charge in [0.1, 0.15) is 5.75 Å². The van der Waals surface area contributed by atoms with Crippen LogP contribution in [0.25, 0.3) is 0 Å². The maximum absolute atomic E-state index is 12.6. The first-order valence-corrected chi connectivity index (χ1v) is 7.79. The SMILES string of the molecule is CCNCC(C)C(=O)N(Cc1ccc(OC)cc1)C1CC1. The van der Waals surface area contributed by atoms with E-state index in [0.717, 1.165) is 37.2 Å². The van der Waals surface area contributed by atoms with Gasteiger partial charge in [-0.25, -0.2) is 0 Å². The van der Waals surface area contributed by atoms with Gasteiger partial charge in [-0.05, 0) is 37.1 Å². The normalized spacial score (nSPS) is 15.6. The van der Waals surface area contributed by atoms with Crippen molar-refractivity contribution in [1.29, 1.82) is 0 Å². The molecular formula is C17H26N2O2. The molecule has 1 aromatic rings. The summed E-state index contributed by atoms with van der Waals surface area (Å²) < 4.78 is 5.18. The van der Waals surface area contributed by atoms with E-state index in [1.807, 2.05) is 36.1 Å². The van der Waals surface area contributed by atoms with Gasteiger partial charge in [-0.1, -0.05) is 26.0 Å². The van der Waals surface area contributed by atoms with Crippen LogP contribution in [0.4, 0.5) is 0 Å². The van der Waals surface area contributed by atoms with Crippen molar-refractivity contribution in [2.75, 3.05) is 20.2 Å². The van der Waals surface area contributed by atoms with Gasteiger partial charge >= 0.3 is 0 Å². The van der Waals surface area contributed by atoms with E-state index in [2.05, 4.69) is 12.2 Å². The number of rotatable bonds is 8. The van der Waals surface area contributed by atoms with Crippen molar-refractivity contribution >= 4 is 5.91 Å². The van der Waals surface area contributed by atoms with Crippen molar-refractivity contribution < 1.29 is 9.53 Å². The Morgan fingerprint density at radius 2 is 2.05 bits per heavy atom. The second kappa shape index (κ2) is 7.46. The largest absolute Gasteiger partial charge is 0.497 e. The van der Waals surface area contributed by atoms with Gasteiger partial charge in [0, 0.05) is 25.0 Å². The summed E-state index contributed by atoms with van der Waals surface area (Å²) in [7, 11) is 1.66. The average molecular weight is 290 g/mol. The molecule has 116 valence electrons. The number of benzene rings is 1. The van der Waals surface area contributed by atoms with Crippen molar-refractivity contribution in [2.24, 2.45) is 5.92 Å². The van der Waals surface area contributed by atoms with Crippen molar-refractivity contribution in [1.82, 2.24) is 10.2 Å². The fourth-order valence-corrected chi connectivity index (χ4v) is 2.43. The molecule has 1 unspecified atom stereocenters. The molecule has 0 spiro atoms. The zero-order chi connectivity index (χ0) is 15.2. The van der Waals surface area contributed by atoms with Gasteiger partial charge in [0.2, 0.25) is 5.91 Å². The van der Waals surface area contributed by atoms with Crippen LogP contribution in [0.2, 0.25) is 0 Å². The molecule has 1 aliphatic carbocycles. The molecular weight excluding hydrogens is 264 g/mol. The Labute approximate surface area is 127 Å². The minimum Gasteiger partial charge on any atom is -0.497 e. The molecule has 21 heavy (non-hydrogen) atoms. The van der Waals surface area contributed by atoms with Crippen molar-refractivity contribution in [3.63, 3.8) is 0 Å². The molecule has 1 fully saturated rings. The van der Waals surface area contributed by atoms with Gasteiger partial charge in [-0.3, -0.25) is 4.79 Å². The third-order valence-electron chi connectivity index (χ3n) is 3.90. The minimum atomic E-state index is 0.0313. The zero-order valence-corrected chi connectivity index (χ0v) is 13.3. The lowest BCUT2D eigenvalue weighted by Gasteiger charge is -2.26. The maximum atomic E-state index is 12.6. The average Bonchev–Trinajstić information content (AvgIpc) is 3.34. The fourth-order valence-electron chi connectivity index (χ4n) is 2.43. The van der Waals surface area contributed by atoms with Crippen LogP contribution in [-0.2, 0) is 11.3 Å².